The van der Waals surface area contributed by atoms with E-state index in [9.17, 15) is 0 Å². The molecule has 74 valence electrons. The number of nitrogens with zero attached hydrogens (tertiary/aromatic N) is 5. The van der Waals surface area contributed by atoms with Gasteiger partial charge >= 0.3 is 0 Å². The summed E-state index contributed by atoms with van der Waals surface area (Å²) in [6, 6.07) is 0. The highest BCUT2D eigenvalue weighted by molar-refractivity contribution is 6.99. The predicted octanol–water partition coefficient (Wildman–Crippen LogP) is 0.895. The molecule has 1 N–H and O–H groups in total. The first-order valence-electron chi connectivity index (χ1n) is 3.90. The molecule has 14 heavy (non-hydrogen) atoms. The van der Waals surface area contributed by atoms with E-state index in [0.717, 1.165) is 18.3 Å². The highest BCUT2D eigenvalue weighted by Gasteiger charge is 2.02. The SMILES string of the molecule is Clc1nsnc1NCCn1cnnc1. The van der Waals surface area contributed by atoms with Crippen molar-refractivity contribution >= 4 is 29.1 Å². The van der Waals surface area contributed by atoms with Crippen molar-refractivity contribution in [1.82, 2.24) is 23.5 Å². The van der Waals surface area contributed by atoms with Crippen molar-refractivity contribution in [3.63, 3.8) is 0 Å². The zero-order valence-electron chi connectivity index (χ0n) is 7.09. The molecule has 0 aliphatic heterocycles. The Morgan fingerprint density at radius 3 is 2.79 bits per heavy atom. The number of anilines is 1. The molecule has 0 fully saturated rings. The van der Waals surface area contributed by atoms with Crippen molar-refractivity contribution in [3.8, 4) is 0 Å². The first-order chi connectivity index (χ1) is 6.86. The van der Waals surface area contributed by atoms with E-state index in [1.165, 1.54) is 0 Å². The summed E-state index contributed by atoms with van der Waals surface area (Å²) in [5.74, 6) is 0.629. The lowest BCUT2D eigenvalue weighted by molar-refractivity contribution is 0.723. The van der Waals surface area contributed by atoms with Crippen molar-refractivity contribution in [2.24, 2.45) is 0 Å². The van der Waals surface area contributed by atoms with E-state index < -0.39 is 0 Å². The van der Waals surface area contributed by atoms with Crippen molar-refractivity contribution in [1.29, 1.82) is 0 Å². The van der Waals surface area contributed by atoms with Crippen LogP contribution in [0.5, 0.6) is 0 Å². The number of rotatable bonds is 4. The van der Waals surface area contributed by atoms with Crippen molar-refractivity contribution in [3.05, 3.63) is 17.8 Å². The van der Waals surface area contributed by atoms with Gasteiger partial charge in [-0.15, -0.1) is 10.2 Å². The van der Waals surface area contributed by atoms with Gasteiger partial charge in [-0.05, 0) is 0 Å². The molecule has 2 aromatic heterocycles. The highest BCUT2D eigenvalue weighted by Crippen LogP contribution is 2.17. The minimum Gasteiger partial charge on any atom is -0.365 e. The Morgan fingerprint density at radius 2 is 2.14 bits per heavy atom. The maximum Gasteiger partial charge on any atom is 0.186 e. The molecule has 2 heterocycles. The number of hydrogen-bond donors (Lipinski definition) is 1. The van der Waals surface area contributed by atoms with E-state index in [1.54, 1.807) is 12.7 Å². The van der Waals surface area contributed by atoms with E-state index in [0.29, 0.717) is 17.5 Å². The summed E-state index contributed by atoms with van der Waals surface area (Å²) in [4.78, 5) is 0. The third-order valence-corrected chi connectivity index (χ3v) is 2.47. The molecule has 0 bridgehead atoms. The molecule has 8 heteroatoms. The van der Waals surface area contributed by atoms with Gasteiger partial charge in [0.2, 0.25) is 0 Å². The van der Waals surface area contributed by atoms with Crippen LogP contribution in [0.3, 0.4) is 0 Å². The summed E-state index contributed by atoms with van der Waals surface area (Å²) in [7, 11) is 0. The van der Waals surface area contributed by atoms with Crippen LogP contribution < -0.4 is 5.32 Å². The van der Waals surface area contributed by atoms with Crippen LogP contribution in [0, 0.1) is 0 Å². The number of aromatic nitrogens is 5. The van der Waals surface area contributed by atoms with Gasteiger partial charge in [0.15, 0.2) is 11.0 Å². The molecule has 0 amide bonds. The Hall–Kier alpha value is -1.21. The lowest BCUT2D eigenvalue weighted by Crippen LogP contribution is -2.09. The monoisotopic (exact) mass is 230 g/mol. The molecular formula is C6H7ClN6S. The van der Waals surface area contributed by atoms with Crippen LogP contribution in [-0.2, 0) is 6.54 Å². The van der Waals surface area contributed by atoms with Crippen molar-refractivity contribution < 1.29 is 0 Å². The average Bonchev–Trinajstić information content (AvgIpc) is 2.78. The largest absolute Gasteiger partial charge is 0.365 e. The zero-order chi connectivity index (χ0) is 9.80. The fourth-order valence-electron chi connectivity index (χ4n) is 0.924. The second-order valence-electron chi connectivity index (χ2n) is 2.53. The van der Waals surface area contributed by atoms with Gasteiger partial charge in [0, 0.05) is 13.1 Å². The Balaban J connectivity index is 1.81. The van der Waals surface area contributed by atoms with Crippen LogP contribution in [0.15, 0.2) is 12.7 Å². The first-order valence-corrected chi connectivity index (χ1v) is 5.01. The van der Waals surface area contributed by atoms with Crippen LogP contribution in [0.25, 0.3) is 0 Å². The molecule has 0 aliphatic carbocycles. The quantitative estimate of drug-likeness (QED) is 0.845. The molecular weight excluding hydrogens is 224 g/mol. The highest BCUT2D eigenvalue weighted by atomic mass is 35.5. The Bertz CT molecular complexity index is 385. The van der Waals surface area contributed by atoms with Gasteiger partial charge in [-0.2, -0.15) is 8.75 Å². The van der Waals surface area contributed by atoms with Gasteiger partial charge in [-0.1, -0.05) is 11.6 Å². The first kappa shape index (κ1) is 9.35. The summed E-state index contributed by atoms with van der Waals surface area (Å²) < 4.78 is 9.68. The molecule has 0 radical (unpaired) electrons. The summed E-state index contributed by atoms with van der Waals surface area (Å²) in [6.07, 6.45) is 3.31. The maximum absolute atomic E-state index is 5.74. The Kier molecular flexibility index (Phi) is 2.90. The van der Waals surface area contributed by atoms with Crippen LogP contribution in [0.1, 0.15) is 0 Å². The summed E-state index contributed by atoms with van der Waals surface area (Å²) >= 11 is 6.83. The summed E-state index contributed by atoms with van der Waals surface area (Å²) in [5, 5.41) is 10.9. The lowest BCUT2D eigenvalue weighted by Gasteiger charge is -2.02. The Labute approximate surface area is 89.3 Å². The smallest absolute Gasteiger partial charge is 0.186 e. The molecule has 2 rings (SSSR count). The number of hydrogen-bond acceptors (Lipinski definition) is 6. The van der Waals surface area contributed by atoms with E-state index in [1.807, 2.05) is 4.57 Å². The topological polar surface area (TPSA) is 68.5 Å². The average molecular weight is 231 g/mol. The van der Waals surface area contributed by atoms with Gasteiger partial charge in [0.1, 0.15) is 12.7 Å². The molecule has 6 nitrogen and oxygen atoms in total. The fraction of sp³-hybridized carbons (Fsp3) is 0.333. The molecule has 0 aromatic carbocycles. The van der Waals surface area contributed by atoms with Gasteiger partial charge in [0.05, 0.1) is 11.7 Å². The zero-order valence-corrected chi connectivity index (χ0v) is 8.66. The molecule has 0 spiro atoms. The van der Waals surface area contributed by atoms with E-state index in [-0.39, 0.29) is 0 Å². The van der Waals surface area contributed by atoms with Crippen molar-refractivity contribution in [2.45, 2.75) is 6.54 Å². The van der Waals surface area contributed by atoms with Gasteiger partial charge < -0.3 is 9.88 Å². The standard InChI is InChI=1S/C6H7ClN6S/c7-5-6(12-14-11-5)8-1-2-13-3-9-10-4-13/h3-4H,1-2H2,(H,8,12). The van der Waals surface area contributed by atoms with Gasteiger partial charge in [-0.25, -0.2) is 0 Å². The molecule has 0 unspecified atom stereocenters. The van der Waals surface area contributed by atoms with Crippen LogP contribution >= 0.6 is 23.3 Å². The minimum absolute atomic E-state index is 0.416. The Morgan fingerprint density at radius 1 is 1.36 bits per heavy atom. The fourth-order valence-corrected chi connectivity index (χ4v) is 1.61. The third kappa shape index (κ3) is 2.18. The van der Waals surface area contributed by atoms with E-state index in [4.69, 9.17) is 11.6 Å². The molecule has 0 aliphatic rings. The second kappa shape index (κ2) is 4.34. The van der Waals surface area contributed by atoms with Crippen LogP contribution in [0.2, 0.25) is 5.15 Å². The van der Waals surface area contributed by atoms with Crippen LogP contribution in [0.4, 0.5) is 5.82 Å². The summed E-state index contributed by atoms with van der Waals surface area (Å²) in [5.41, 5.74) is 0. The molecule has 0 saturated carbocycles. The summed E-state index contributed by atoms with van der Waals surface area (Å²) in [6.45, 7) is 1.48. The van der Waals surface area contributed by atoms with Crippen molar-refractivity contribution in [2.75, 3.05) is 11.9 Å². The minimum atomic E-state index is 0.416. The second-order valence-corrected chi connectivity index (χ2v) is 3.42. The number of halogens is 1. The third-order valence-electron chi connectivity index (χ3n) is 1.58. The normalized spacial score (nSPS) is 10.4. The van der Waals surface area contributed by atoms with Gasteiger partial charge in [0.25, 0.3) is 0 Å². The van der Waals surface area contributed by atoms with E-state index >= 15 is 0 Å². The number of nitrogens with one attached hydrogen (secondary N) is 1. The lowest BCUT2D eigenvalue weighted by atomic mass is 10.6. The maximum atomic E-state index is 5.74. The predicted molar refractivity (Wildman–Crippen MR) is 53.4 cm³/mol. The van der Waals surface area contributed by atoms with Gasteiger partial charge in [-0.3, -0.25) is 0 Å². The molecule has 0 atom stereocenters. The molecule has 0 saturated heterocycles. The van der Waals surface area contributed by atoms with Crippen LogP contribution in [-0.4, -0.2) is 30.1 Å². The van der Waals surface area contributed by atoms with E-state index in [2.05, 4.69) is 24.3 Å². The molecule has 2 aromatic rings.